The Hall–Kier alpha value is -0.770. The topological polar surface area (TPSA) is 41.6 Å². The zero-order valence-electron chi connectivity index (χ0n) is 11.9. The van der Waals surface area contributed by atoms with Gasteiger partial charge in [0.2, 0.25) is 0 Å². The monoisotopic (exact) mass is 254 g/mol. The van der Waals surface area contributed by atoms with Gasteiger partial charge in [-0.25, -0.2) is 4.79 Å². The Kier molecular flexibility index (Phi) is 4.15. The van der Waals surface area contributed by atoms with Gasteiger partial charge in [-0.3, -0.25) is 0 Å². The zero-order chi connectivity index (χ0) is 13.2. The van der Waals surface area contributed by atoms with Gasteiger partial charge >= 0.3 is 6.09 Å². The van der Waals surface area contributed by atoms with Crippen molar-refractivity contribution in [2.45, 2.75) is 45.6 Å². The van der Waals surface area contributed by atoms with Crippen LogP contribution in [0.4, 0.5) is 4.79 Å². The first-order chi connectivity index (χ1) is 8.46. The van der Waals surface area contributed by atoms with Gasteiger partial charge < -0.3 is 15.0 Å². The number of carbonyl (C=O) groups excluding carboxylic acids is 1. The summed E-state index contributed by atoms with van der Waals surface area (Å²) < 4.78 is 5.43. The SMILES string of the molecule is CC(C)(C)OC(=O)N1CC[C@H](C2CCNCC2)C1. The van der Waals surface area contributed by atoms with Crippen LogP contribution in [0.2, 0.25) is 0 Å². The Bertz CT molecular complexity index is 293. The molecular weight excluding hydrogens is 228 g/mol. The van der Waals surface area contributed by atoms with E-state index in [0.717, 1.165) is 38.5 Å². The number of nitrogens with zero attached hydrogens (tertiary/aromatic N) is 1. The number of likely N-dealkylation sites (tertiary alicyclic amines) is 1. The summed E-state index contributed by atoms with van der Waals surface area (Å²) in [5.74, 6) is 1.47. The fraction of sp³-hybridized carbons (Fsp3) is 0.929. The molecule has 18 heavy (non-hydrogen) atoms. The third-order valence-electron chi connectivity index (χ3n) is 3.93. The van der Waals surface area contributed by atoms with Crippen molar-refractivity contribution in [3.8, 4) is 0 Å². The van der Waals surface area contributed by atoms with E-state index in [0.29, 0.717) is 5.92 Å². The minimum atomic E-state index is -0.385. The van der Waals surface area contributed by atoms with Crippen molar-refractivity contribution < 1.29 is 9.53 Å². The quantitative estimate of drug-likeness (QED) is 0.780. The number of carbonyl (C=O) groups is 1. The number of amides is 1. The molecule has 2 rings (SSSR count). The molecule has 1 atom stereocenters. The second-order valence-corrected chi connectivity index (χ2v) is 6.56. The van der Waals surface area contributed by atoms with Crippen molar-refractivity contribution in [2.24, 2.45) is 11.8 Å². The fourth-order valence-corrected chi connectivity index (χ4v) is 2.98. The van der Waals surface area contributed by atoms with Crippen LogP contribution in [-0.2, 0) is 4.74 Å². The molecule has 2 aliphatic heterocycles. The standard InChI is InChI=1S/C14H26N2O2/c1-14(2,3)18-13(17)16-9-6-12(10-16)11-4-7-15-8-5-11/h11-12,15H,4-10H2,1-3H3/t12-/m0/s1. The highest BCUT2D eigenvalue weighted by Crippen LogP contribution is 2.30. The highest BCUT2D eigenvalue weighted by molar-refractivity contribution is 5.68. The molecule has 4 nitrogen and oxygen atoms in total. The fourth-order valence-electron chi connectivity index (χ4n) is 2.98. The van der Waals surface area contributed by atoms with Crippen LogP contribution >= 0.6 is 0 Å². The molecule has 0 radical (unpaired) electrons. The first kappa shape index (κ1) is 13.7. The van der Waals surface area contributed by atoms with E-state index in [4.69, 9.17) is 4.74 Å². The van der Waals surface area contributed by atoms with Crippen molar-refractivity contribution >= 4 is 6.09 Å². The highest BCUT2D eigenvalue weighted by atomic mass is 16.6. The molecule has 1 N–H and O–H groups in total. The molecule has 2 saturated heterocycles. The summed E-state index contributed by atoms with van der Waals surface area (Å²) in [7, 11) is 0. The lowest BCUT2D eigenvalue weighted by Crippen LogP contribution is -2.37. The summed E-state index contributed by atoms with van der Waals surface area (Å²) in [5, 5.41) is 3.40. The number of hydrogen-bond donors (Lipinski definition) is 1. The van der Waals surface area contributed by atoms with E-state index < -0.39 is 0 Å². The summed E-state index contributed by atoms with van der Waals surface area (Å²) in [4.78, 5) is 13.9. The van der Waals surface area contributed by atoms with Crippen molar-refractivity contribution in [3.05, 3.63) is 0 Å². The van der Waals surface area contributed by atoms with E-state index in [2.05, 4.69) is 5.32 Å². The number of rotatable bonds is 1. The number of piperidine rings is 1. The second kappa shape index (κ2) is 5.47. The van der Waals surface area contributed by atoms with Gasteiger partial charge in [0.1, 0.15) is 5.60 Å². The van der Waals surface area contributed by atoms with E-state index >= 15 is 0 Å². The second-order valence-electron chi connectivity index (χ2n) is 6.56. The summed E-state index contributed by atoms with van der Waals surface area (Å²) >= 11 is 0. The van der Waals surface area contributed by atoms with Gasteiger partial charge in [-0.15, -0.1) is 0 Å². The molecule has 2 fully saturated rings. The minimum Gasteiger partial charge on any atom is -0.444 e. The van der Waals surface area contributed by atoms with Gasteiger partial charge in [0.05, 0.1) is 0 Å². The van der Waals surface area contributed by atoms with E-state index in [1.165, 1.54) is 12.8 Å². The lowest BCUT2D eigenvalue weighted by molar-refractivity contribution is 0.0282. The molecule has 0 aromatic heterocycles. The van der Waals surface area contributed by atoms with E-state index in [9.17, 15) is 4.79 Å². The van der Waals surface area contributed by atoms with Gasteiger partial charge in [-0.2, -0.15) is 0 Å². The van der Waals surface area contributed by atoms with Crippen LogP contribution in [0.1, 0.15) is 40.0 Å². The van der Waals surface area contributed by atoms with Crippen molar-refractivity contribution in [2.75, 3.05) is 26.2 Å². The minimum absolute atomic E-state index is 0.140. The Balaban J connectivity index is 1.82. The Labute approximate surface area is 110 Å². The molecule has 0 aliphatic carbocycles. The Morgan fingerprint density at radius 3 is 2.44 bits per heavy atom. The molecule has 0 spiro atoms. The molecular formula is C14H26N2O2. The van der Waals surface area contributed by atoms with Crippen LogP contribution in [0.5, 0.6) is 0 Å². The molecule has 2 aliphatic rings. The van der Waals surface area contributed by atoms with E-state index in [-0.39, 0.29) is 11.7 Å². The first-order valence-corrected chi connectivity index (χ1v) is 7.14. The van der Waals surface area contributed by atoms with Gasteiger partial charge in [-0.1, -0.05) is 0 Å². The maximum Gasteiger partial charge on any atom is 0.410 e. The maximum absolute atomic E-state index is 12.0. The zero-order valence-corrected chi connectivity index (χ0v) is 11.9. The first-order valence-electron chi connectivity index (χ1n) is 7.14. The maximum atomic E-state index is 12.0. The van der Waals surface area contributed by atoms with Crippen LogP contribution in [0, 0.1) is 11.8 Å². The van der Waals surface area contributed by atoms with Gasteiger partial charge in [0, 0.05) is 13.1 Å². The third kappa shape index (κ3) is 3.61. The summed E-state index contributed by atoms with van der Waals surface area (Å²) in [6.45, 7) is 9.78. The molecule has 0 aromatic rings. The predicted molar refractivity (Wildman–Crippen MR) is 71.5 cm³/mol. The predicted octanol–water partition coefficient (Wildman–Crippen LogP) is 2.24. The number of hydrogen-bond acceptors (Lipinski definition) is 3. The van der Waals surface area contributed by atoms with Gasteiger partial charge in [0.25, 0.3) is 0 Å². The number of nitrogens with one attached hydrogen (secondary N) is 1. The molecule has 0 aromatic carbocycles. The lowest BCUT2D eigenvalue weighted by Gasteiger charge is -2.28. The van der Waals surface area contributed by atoms with Gasteiger partial charge in [0.15, 0.2) is 0 Å². The molecule has 0 saturated carbocycles. The molecule has 1 amide bonds. The smallest absolute Gasteiger partial charge is 0.410 e. The Morgan fingerprint density at radius 2 is 1.83 bits per heavy atom. The number of ether oxygens (including phenoxy) is 1. The van der Waals surface area contributed by atoms with Crippen LogP contribution in [0.25, 0.3) is 0 Å². The van der Waals surface area contributed by atoms with Crippen molar-refractivity contribution in [3.63, 3.8) is 0 Å². The third-order valence-corrected chi connectivity index (χ3v) is 3.93. The van der Waals surface area contributed by atoms with Crippen LogP contribution in [0.15, 0.2) is 0 Å². The largest absolute Gasteiger partial charge is 0.444 e. The van der Waals surface area contributed by atoms with E-state index in [1.54, 1.807) is 0 Å². The van der Waals surface area contributed by atoms with Crippen LogP contribution in [-0.4, -0.2) is 42.8 Å². The molecule has 104 valence electrons. The average Bonchev–Trinajstić information content (AvgIpc) is 2.77. The molecule has 2 heterocycles. The van der Waals surface area contributed by atoms with E-state index in [1.807, 2.05) is 25.7 Å². The molecule has 0 bridgehead atoms. The summed E-state index contributed by atoms with van der Waals surface area (Å²) in [5.41, 5.74) is -0.385. The van der Waals surface area contributed by atoms with Gasteiger partial charge in [-0.05, 0) is 65.0 Å². The Morgan fingerprint density at radius 1 is 1.17 bits per heavy atom. The molecule has 4 heteroatoms. The lowest BCUT2D eigenvalue weighted by atomic mass is 9.84. The van der Waals surface area contributed by atoms with Crippen molar-refractivity contribution in [1.29, 1.82) is 0 Å². The summed E-state index contributed by atoms with van der Waals surface area (Å²) in [6.07, 6.45) is 3.52. The van der Waals surface area contributed by atoms with Crippen molar-refractivity contribution in [1.82, 2.24) is 10.2 Å². The van der Waals surface area contributed by atoms with Crippen LogP contribution < -0.4 is 5.32 Å². The van der Waals surface area contributed by atoms with Crippen LogP contribution in [0.3, 0.4) is 0 Å². The highest BCUT2D eigenvalue weighted by Gasteiger charge is 2.34. The molecule has 0 unspecified atom stereocenters. The average molecular weight is 254 g/mol. The normalized spacial score (nSPS) is 26.4. The summed E-state index contributed by atoms with van der Waals surface area (Å²) in [6, 6.07) is 0.